The van der Waals surface area contributed by atoms with Gasteiger partial charge in [0.15, 0.2) is 5.13 Å². The number of benzene rings is 2. The van der Waals surface area contributed by atoms with Crippen LogP contribution in [-0.2, 0) is 0 Å². The molecule has 0 saturated carbocycles. The maximum absolute atomic E-state index is 12.2. The van der Waals surface area contributed by atoms with E-state index in [1.807, 2.05) is 24.4 Å². The van der Waals surface area contributed by atoms with Crippen LogP contribution in [0.4, 0.5) is 15.6 Å². The van der Waals surface area contributed by atoms with Crippen LogP contribution in [-0.4, -0.2) is 17.6 Å². The summed E-state index contributed by atoms with van der Waals surface area (Å²) in [5.41, 5.74) is 3.88. The molecule has 2 aromatic carbocycles. The fraction of sp³-hybridized carbons (Fsp3) is 0.238. The first-order valence-electron chi connectivity index (χ1n) is 8.92. The van der Waals surface area contributed by atoms with Crippen molar-refractivity contribution in [2.45, 2.75) is 26.7 Å². The maximum atomic E-state index is 12.2. The van der Waals surface area contributed by atoms with Crippen LogP contribution in [0.25, 0.3) is 11.3 Å². The molecule has 1 heterocycles. The van der Waals surface area contributed by atoms with Crippen molar-refractivity contribution in [3.05, 3.63) is 59.5 Å². The first kappa shape index (κ1) is 18.9. The number of carbonyl (C=O) groups is 1. The molecule has 3 rings (SSSR count). The lowest BCUT2D eigenvalue weighted by atomic mass is 10.0. The fourth-order valence-corrected chi connectivity index (χ4v) is 3.28. The van der Waals surface area contributed by atoms with Gasteiger partial charge in [-0.3, -0.25) is 5.32 Å². The van der Waals surface area contributed by atoms with Crippen LogP contribution < -0.4 is 15.4 Å². The zero-order chi connectivity index (χ0) is 19.2. The summed E-state index contributed by atoms with van der Waals surface area (Å²) in [4.78, 5) is 16.7. The predicted molar refractivity (Wildman–Crippen MR) is 112 cm³/mol. The van der Waals surface area contributed by atoms with Crippen LogP contribution >= 0.6 is 11.3 Å². The van der Waals surface area contributed by atoms with Crippen molar-refractivity contribution in [3.63, 3.8) is 0 Å². The number of nitrogens with zero attached hydrogens (tertiary/aromatic N) is 1. The van der Waals surface area contributed by atoms with Crippen LogP contribution in [0.2, 0.25) is 0 Å². The molecule has 2 amide bonds. The zero-order valence-electron chi connectivity index (χ0n) is 15.7. The third-order valence-electron chi connectivity index (χ3n) is 4.02. The average molecular weight is 382 g/mol. The molecule has 3 aromatic rings. The van der Waals surface area contributed by atoms with Gasteiger partial charge in [0.05, 0.1) is 12.3 Å². The van der Waals surface area contributed by atoms with E-state index in [1.54, 1.807) is 12.1 Å². The summed E-state index contributed by atoms with van der Waals surface area (Å²) in [6.45, 7) is 6.88. The standard InChI is InChI=1S/C21H23N3O2S/c1-4-26-18-11-9-17(10-12-18)22-20(25)24-21-23-19(13-27-21)16-7-5-15(6-8-16)14(2)3/h5-14H,4H2,1-3H3,(H2,22,23,24,25). The number of aromatic nitrogens is 1. The number of nitrogens with one attached hydrogen (secondary N) is 2. The third kappa shape index (κ3) is 5.08. The fourth-order valence-electron chi connectivity index (χ4n) is 2.56. The minimum atomic E-state index is -0.324. The first-order chi connectivity index (χ1) is 13.0. The van der Waals surface area contributed by atoms with E-state index in [0.717, 1.165) is 17.0 Å². The SMILES string of the molecule is CCOc1ccc(NC(=O)Nc2nc(-c3ccc(C(C)C)cc3)cs2)cc1. The number of amides is 2. The minimum Gasteiger partial charge on any atom is -0.494 e. The van der Waals surface area contributed by atoms with Crippen LogP contribution in [0, 0.1) is 0 Å². The number of thiazole rings is 1. The Labute approximate surface area is 163 Å². The molecule has 0 radical (unpaired) electrons. The number of rotatable bonds is 6. The van der Waals surface area contributed by atoms with Crippen molar-refractivity contribution in [1.82, 2.24) is 4.98 Å². The molecule has 2 N–H and O–H groups in total. The molecule has 0 bridgehead atoms. The molecule has 140 valence electrons. The monoisotopic (exact) mass is 381 g/mol. The molecule has 0 atom stereocenters. The van der Waals surface area contributed by atoms with Crippen LogP contribution in [0.5, 0.6) is 5.75 Å². The van der Waals surface area contributed by atoms with Crippen LogP contribution in [0.15, 0.2) is 53.9 Å². The summed E-state index contributed by atoms with van der Waals surface area (Å²) in [6, 6.07) is 15.3. The lowest BCUT2D eigenvalue weighted by Gasteiger charge is -2.07. The van der Waals surface area contributed by atoms with Gasteiger partial charge in [-0.25, -0.2) is 9.78 Å². The Bertz CT molecular complexity index is 887. The Morgan fingerprint density at radius 2 is 1.78 bits per heavy atom. The average Bonchev–Trinajstić information content (AvgIpc) is 3.12. The lowest BCUT2D eigenvalue weighted by Crippen LogP contribution is -2.19. The summed E-state index contributed by atoms with van der Waals surface area (Å²) in [5.74, 6) is 1.27. The highest BCUT2D eigenvalue weighted by Crippen LogP contribution is 2.26. The summed E-state index contributed by atoms with van der Waals surface area (Å²) < 4.78 is 5.39. The van der Waals surface area contributed by atoms with Crippen molar-refractivity contribution in [2.24, 2.45) is 0 Å². The molecule has 0 aliphatic carbocycles. The second kappa shape index (κ2) is 8.68. The van der Waals surface area contributed by atoms with Crippen molar-refractivity contribution < 1.29 is 9.53 Å². The third-order valence-corrected chi connectivity index (χ3v) is 4.78. The highest BCUT2D eigenvalue weighted by Gasteiger charge is 2.09. The van der Waals surface area contributed by atoms with Gasteiger partial charge in [0.2, 0.25) is 0 Å². The zero-order valence-corrected chi connectivity index (χ0v) is 16.5. The van der Waals surface area contributed by atoms with E-state index < -0.39 is 0 Å². The van der Waals surface area contributed by atoms with E-state index in [2.05, 4.69) is 53.7 Å². The molecule has 27 heavy (non-hydrogen) atoms. The van der Waals surface area contributed by atoms with E-state index in [9.17, 15) is 4.79 Å². The predicted octanol–water partition coefficient (Wildman–Crippen LogP) is 5.98. The topological polar surface area (TPSA) is 63.2 Å². The normalized spacial score (nSPS) is 10.7. The van der Waals surface area contributed by atoms with Gasteiger partial charge in [0, 0.05) is 16.6 Å². The van der Waals surface area contributed by atoms with Gasteiger partial charge in [-0.2, -0.15) is 0 Å². The summed E-state index contributed by atoms with van der Waals surface area (Å²) in [6.07, 6.45) is 0. The Hall–Kier alpha value is -2.86. The Morgan fingerprint density at radius 1 is 1.07 bits per heavy atom. The smallest absolute Gasteiger partial charge is 0.325 e. The molecule has 0 aliphatic rings. The Balaban J connectivity index is 1.60. The van der Waals surface area contributed by atoms with Crippen molar-refractivity contribution in [3.8, 4) is 17.0 Å². The van der Waals surface area contributed by atoms with Gasteiger partial charge in [-0.05, 0) is 42.7 Å². The molecule has 0 fully saturated rings. The van der Waals surface area contributed by atoms with Crippen molar-refractivity contribution in [2.75, 3.05) is 17.2 Å². The number of hydrogen-bond donors (Lipinski definition) is 2. The molecule has 0 saturated heterocycles. The summed E-state index contributed by atoms with van der Waals surface area (Å²) in [5, 5.41) is 8.06. The highest BCUT2D eigenvalue weighted by molar-refractivity contribution is 7.14. The largest absolute Gasteiger partial charge is 0.494 e. The Morgan fingerprint density at radius 3 is 2.41 bits per heavy atom. The van der Waals surface area contributed by atoms with Gasteiger partial charge in [0.1, 0.15) is 5.75 Å². The highest BCUT2D eigenvalue weighted by atomic mass is 32.1. The molecule has 0 spiro atoms. The van der Waals surface area contributed by atoms with E-state index >= 15 is 0 Å². The van der Waals surface area contributed by atoms with Gasteiger partial charge in [-0.15, -0.1) is 11.3 Å². The molecule has 5 nitrogen and oxygen atoms in total. The number of carbonyl (C=O) groups excluding carboxylic acids is 1. The van der Waals surface area contributed by atoms with E-state index in [1.165, 1.54) is 16.9 Å². The van der Waals surface area contributed by atoms with Crippen LogP contribution in [0.1, 0.15) is 32.3 Å². The van der Waals surface area contributed by atoms with Gasteiger partial charge >= 0.3 is 6.03 Å². The number of anilines is 2. The second-order valence-electron chi connectivity index (χ2n) is 6.35. The van der Waals surface area contributed by atoms with Gasteiger partial charge < -0.3 is 10.1 Å². The van der Waals surface area contributed by atoms with Gasteiger partial charge in [0.25, 0.3) is 0 Å². The number of hydrogen-bond acceptors (Lipinski definition) is 4. The lowest BCUT2D eigenvalue weighted by molar-refractivity contribution is 0.262. The molecule has 0 unspecified atom stereocenters. The van der Waals surface area contributed by atoms with E-state index in [0.29, 0.717) is 23.3 Å². The molecule has 6 heteroatoms. The Kier molecular flexibility index (Phi) is 6.08. The maximum Gasteiger partial charge on any atom is 0.325 e. The van der Waals surface area contributed by atoms with E-state index in [4.69, 9.17) is 4.74 Å². The molecular weight excluding hydrogens is 358 g/mol. The first-order valence-corrected chi connectivity index (χ1v) is 9.80. The molecular formula is C21H23N3O2S. The van der Waals surface area contributed by atoms with Crippen LogP contribution in [0.3, 0.4) is 0 Å². The summed E-state index contributed by atoms with van der Waals surface area (Å²) in [7, 11) is 0. The van der Waals surface area contributed by atoms with Crippen molar-refractivity contribution in [1.29, 1.82) is 0 Å². The van der Waals surface area contributed by atoms with Gasteiger partial charge in [-0.1, -0.05) is 38.1 Å². The second-order valence-corrected chi connectivity index (χ2v) is 7.21. The number of urea groups is 1. The molecule has 1 aromatic heterocycles. The quantitative estimate of drug-likeness (QED) is 0.552. The summed E-state index contributed by atoms with van der Waals surface area (Å²) >= 11 is 1.40. The minimum absolute atomic E-state index is 0.324. The van der Waals surface area contributed by atoms with E-state index in [-0.39, 0.29) is 6.03 Å². The van der Waals surface area contributed by atoms with Crippen molar-refractivity contribution >= 4 is 28.2 Å². The number of ether oxygens (including phenoxy) is 1. The molecule has 0 aliphatic heterocycles.